The Balaban J connectivity index is 1.87. The maximum atomic E-state index is 12.1. The van der Waals surface area contributed by atoms with Gasteiger partial charge in [0, 0.05) is 26.1 Å². The van der Waals surface area contributed by atoms with Crippen LogP contribution in [0.15, 0.2) is 12.5 Å². The van der Waals surface area contributed by atoms with Crippen molar-refractivity contribution in [3.05, 3.63) is 22.6 Å². The van der Waals surface area contributed by atoms with Crippen LogP contribution in [0.3, 0.4) is 0 Å². The summed E-state index contributed by atoms with van der Waals surface area (Å²) in [6.07, 6.45) is 2.38. The number of aromatic nitrogens is 2. The van der Waals surface area contributed by atoms with Crippen LogP contribution in [0.1, 0.15) is 13.3 Å². The summed E-state index contributed by atoms with van der Waals surface area (Å²) >= 11 is 0. The van der Waals surface area contributed by atoms with Crippen LogP contribution in [0.4, 0.5) is 5.82 Å². The second-order valence-electron chi connectivity index (χ2n) is 5.03. The minimum atomic E-state index is -0.576. The summed E-state index contributed by atoms with van der Waals surface area (Å²) < 4.78 is 6.99. The van der Waals surface area contributed by atoms with Crippen molar-refractivity contribution in [3.63, 3.8) is 0 Å². The first-order valence-electron chi connectivity index (χ1n) is 6.70. The number of rotatable bonds is 5. The van der Waals surface area contributed by atoms with Gasteiger partial charge in [0.15, 0.2) is 0 Å². The molecule has 2 rings (SSSR count). The van der Waals surface area contributed by atoms with E-state index >= 15 is 0 Å². The van der Waals surface area contributed by atoms with Crippen LogP contribution >= 0.6 is 0 Å². The van der Waals surface area contributed by atoms with Crippen molar-refractivity contribution in [1.82, 2.24) is 14.5 Å². The molecule has 9 nitrogen and oxygen atoms in total. The van der Waals surface area contributed by atoms with E-state index in [1.807, 2.05) is 6.92 Å². The predicted molar refractivity (Wildman–Crippen MR) is 71.5 cm³/mol. The number of aliphatic hydroxyl groups is 1. The Labute approximate surface area is 121 Å². The van der Waals surface area contributed by atoms with E-state index in [0.29, 0.717) is 19.6 Å². The smallest absolute Gasteiger partial charge is 0.381 e. The van der Waals surface area contributed by atoms with Crippen LogP contribution in [0, 0.1) is 10.1 Å². The van der Waals surface area contributed by atoms with Gasteiger partial charge in [0.1, 0.15) is 6.20 Å². The number of imidazole rings is 1. The number of hydrogen-bond donors (Lipinski definition) is 1. The first kappa shape index (κ1) is 15.4. The Bertz CT molecular complexity index is 518. The van der Waals surface area contributed by atoms with Crippen LogP contribution in [-0.2, 0) is 16.1 Å². The molecular weight excluding hydrogens is 280 g/mol. The van der Waals surface area contributed by atoms with E-state index in [2.05, 4.69) is 4.98 Å². The minimum absolute atomic E-state index is 0.0695. The predicted octanol–water partition coefficient (Wildman–Crippen LogP) is -0.210. The van der Waals surface area contributed by atoms with E-state index in [9.17, 15) is 14.9 Å². The summed E-state index contributed by atoms with van der Waals surface area (Å²) in [4.78, 5) is 27.4. The third kappa shape index (κ3) is 3.99. The lowest BCUT2D eigenvalue weighted by atomic mass is 10.2. The van der Waals surface area contributed by atoms with Crippen LogP contribution in [-0.4, -0.2) is 62.3 Å². The molecule has 21 heavy (non-hydrogen) atoms. The third-order valence-electron chi connectivity index (χ3n) is 3.27. The van der Waals surface area contributed by atoms with E-state index in [-0.39, 0.29) is 37.0 Å². The van der Waals surface area contributed by atoms with Gasteiger partial charge < -0.3 is 29.4 Å². The summed E-state index contributed by atoms with van der Waals surface area (Å²) in [5, 5.41) is 19.7. The zero-order valence-corrected chi connectivity index (χ0v) is 11.7. The number of aliphatic hydroxyl groups excluding tert-OH is 1. The van der Waals surface area contributed by atoms with Gasteiger partial charge in [-0.2, -0.15) is 0 Å². The zero-order valence-electron chi connectivity index (χ0n) is 11.7. The van der Waals surface area contributed by atoms with Gasteiger partial charge in [0.05, 0.1) is 18.8 Å². The zero-order chi connectivity index (χ0) is 15.4. The molecule has 0 aromatic carbocycles. The standard InChI is InChI=1S/C12H18N4O5/c1-9-4-15(5-10(7-17)21-9)12(18)2-3-14-6-11(13-8-14)16(19)20/h6,8-10,17H,2-5,7H2,1H3. The van der Waals surface area contributed by atoms with Crippen LogP contribution in [0.25, 0.3) is 0 Å². The SMILES string of the molecule is CC1CN(C(=O)CCn2cnc([N+](=O)[O-])c2)CC(CO)O1. The van der Waals surface area contributed by atoms with Gasteiger partial charge in [-0.1, -0.05) is 0 Å². The molecule has 2 unspecified atom stereocenters. The molecule has 2 atom stereocenters. The van der Waals surface area contributed by atoms with Crippen LogP contribution < -0.4 is 0 Å². The topological polar surface area (TPSA) is 111 Å². The number of nitrogens with zero attached hydrogens (tertiary/aromatic N) is 4. The van der Waals surface area contributed by atoms with Crippen molar-refractivity contribution >= 4 is 11.7 Å². The Morgan fingerprint density at radius 3 is 3.00 bits per heavy atom. The van der Waals surface area contributed by atoms with Gasteiger partial charge >= 0.3 is 5.82 Å². The molecule has 1 fully saturated rings. The lowest BCUT2D eigenvalue weighted by Gasteiger charge is -2.36. The lowest BCUT2D eigenvalue weighted by molar-refractivity contribution is -0.389. The molecule has 9 heteroatoms. The fourth-order valence-electron chi connectivity index (χ4n) is 2.30. The van der Waals surface area contributed by atoms with Crippen LogP contribution in [0.5, 0.6) is 0 Å². The average Bonchev–Trinajstić information content (AvgIpc) is 2.93. The fourth-order valence-corrected chi connectivity index (χ4v) is 2.30. The van der Waals surface area contributed by atoms with Crippen molar-refractivity contribution in [3.8, 4) is 0 Å². The number of aryl methyl sites for hydroxylation is 1. The Morgan fingerprint density at radius 1 is 1.62 bits per heavy atom. The number of carbonyl (C=O) groups excluding carboxylic acids is 1. The molecule has 1 amide bonds. The molecule has 116 valence electrons. The number of hydrogen-bond acceptors (Lipinski definition) is 6. The summed E-state index contributed by atoms with van der Waals surface area (Å²) in [5.74, 6) is -0.303. The fraction of sp³-hybridized carbons (Fsp3) is 0.667. The summed E-state index contributed by atoms with van der Waals surface area (Å²) in [7, 11) is 0. The minimum Gasteiger partial charge on any atom is -0.394 e. The summed E-state index contributed by atoms with van der Waals surface area (Å²) in [5.41, 5.74) is 0. The van der Waals surface area contributed by atoms with Crippen molar-refractivity contribution in [1.29, 1.82) is 0 Å². The number of morpholine rings is 1. The molecule has 1 aliphatic rings. The molecule has 1 N–H and O–H groups in total. The Morgan fingerprint density at radius 2 is 2.38 bits per heavy atom. The molecule has 0 spiro atoms. The highest BCUT2D eigenvalue weighted by molar-refractivity contribution is 5.76. The maximum absolute atomic E-state index is 12.1. The third-order valence-corrected chi connectivity index (χ3v) is 3.27. The highest BCUT2D eigenvalue weighted by atomic mass is 16.6. The monoisotopic (exact) mass is 298 g/mol. The molecule has 0 saturated carbocycles. The second-order valence-corrected chi connectivity index (χ2v) is 5.03. The van der Waals surface area contributed by atoms with Gasteiger partial charge in [-0.05, 0) is 16.8 Å². The summed E-state index contributed by atoms with van der Waals surface area (Å²) in [6.45, 7) is 2.90. The van der Waals surface area contributed by atoms with Gasteiger partial charge in [-0.25, -0.2) is 0 Å². The highest BCUT2D eigenvalue weighted by Gasteiger charge is 2.27. The number of carbonyl (C=O) groups is 1. The van der Waals surface area contributed by atoms with Gasteiger partial charge in [-0.15, -0.1) is 0 Å². The first-order chi connectivity index (χ1) is 9.99. The molecular formula is C12H18N4O5. The maximum Gasteiger partial charge on any atom is 0.381 e. The number of nitro groups is 1. The molecule has 0 radical (unpaired) electrons. The van der Waals surface area contributed by atoms with E-state index in [1.165, 1.54) is 17.1 Å². The Kier molecular flexibility index (Phi) is 4.86. The molecule has 1 aromatic rings. The molecule has 0 aliphatic carbocycles. The Hall–Kier alpha value is -2.00. The van der Waals surface area contributed by atoms with Gasteiger partial charge in [0.25, 0.3) is 0 Å². The largest absolute Gasteiger partial charge is 0.394 e. The molecule has 1 aliphatic heterocycles. The van der Waals surface area contributed by atoms with Crippen molar-refractivity contribution < 1.29 is 19.6 Å². The van der Waals surface area contributed by atoms with E-state index < -0.39 is 4.92 Å². The normalized spacial score (nSPS) is 22.3. The second kappa shape index (κ2) is 6.64. The van der Waals surface area contributed by atoms with E-state index in [1.54, 1.807) is 4.90 Å². The van der Waals surface area contributed by atoms with Crippen molar-refractivity contribution in [2.45, 2.75) is 32.1 Å². The molecule has 1 aromatic heterocycles. The number of ether oxygens (including phenoxy) is 1. The highest BCUT2D eigenvalue weighted by Crippen LogP contribution is 2.13. The molecule has 1 saturated heterocycles. The lowest BCUT2D eigenvalue weighted by Crippen LogP contribution is -2.50. The van der Waals surface area contributed by atoms with Crippen LogP contribution in [0.2, 0.25) is 0 Å². The number of amides is 1. The summed E-state index contributed by atoms with van der Waals surface area (Å²) in [6, 6.07) is 0. The molecule has 2 heterocycles. The quantitative estimate of drug-likeness (QED) is 0.595. The molecule has 0 bridgehead atoms. The average molecular weight is 298 g/mol. The first-order valence-corrected chi connectivity index (χ1v) is 6.70. The van der Waals surface area contributed by atoms with Gasteiger partial charge in [-0.3, -0.25) is 4.79 Å². The van der Waals surface area contributed by atoms with Crippen molar-refractivity contribution in [2.75, 3.05) is 19.7 Å². The van der Waals surface area contributed by atoms with E-state index in [4.69, 9.17) is 9.84 Å². The van der Waals surface area contributed by atoms with E-state index in [0.717, 1.165) is 0 Å². The van der Waals surface area contributed by atoms with Gasteiger partial charge in [0.2, 0.25) is 12.2 Å². The van der Waals surface area contributed by atoms with Crippen molar-refractivity contribution in [2.24, 2.45) is 0 Å².